The van der Waals surface area contributed by atoms with Crippen molar-refractivity contribution >= 4 is 11.9 Å². The Morgan fingerprint density at radius 2 is 0.571 bits per heavy atom. The fourth-order valence-corrected chi connectivity index (χ4v) is 2.40. The van der Waals surface area contributed by atoms with E-state index < -0.39 is 0 Å². The molecule has 0 aromatic rings. The molecular weight excluding hydrogens is 464 g/mol. The molecule has 0 aromatic carbocycles. The maximum atomic E-state index is 11.1. The quantitative estimate of drug-likeness (QED) is 0.113. The zero-order valence-corrected chi connectivity index (χ0v) is 21.6. The Balaban J connectivity index is 3.08. The third kappa shape index (κ3) is 28.8. The largest absolute Gasteiger partial charge is 0.463 e. The summed E-state index contributed by atoms with van der Waals surface area (Å²) < 4.78 is 47.6. The summed E-state index contributed by atoms with van der Waals surface area (Å²) in [6.45, 7) is 10.9. The van der Waals surface area contributed by atoms with Gasteiger partial charge in [-0.05, 0) is 12.8 Å². The molecule has 0 aliphatic rings. The zero-order chi connectivity index (χ0) is 25.7. The smallest absolute Gasteiger partial charge is 0.305 e. The van der Waals surface area contributed by atoms with Crippen LogP contribution < -0.4 is 0 Å². The number of rotatable bonds is 28. The minimum absolute atomic E-state index is 0.190. The topological polar surface area (TPSA) is 117 Å². The van der Waals surface area contributed by atoms with Crippen molar-refractivity contribution < 1.29 is 52.2 Å². The van der Waals surface area contributed by atoms with Crippen LogP contribution in [0.25, 0.3) is 0 Å². The van der Waals surface area contributed by atoms with Crippen LogP contribution in [0.15, 0.2) is 0 Å². The summed E-state index contributed by atoms with van der Waals surface area (Å²) in [5.74, 6) is -0.379. The maximum absolute atomic E-state index is 11.1. The van der Waals surface area contributed by atoms with Crippen LogP contribution in [0.5, 0.6) is 0 Å². The Hall–Kier alpha value is -1.34. The van der Waals surface area contributed by atoms with Gasteiger partial charge in [-0.25, -0.2) is 0 Å². The molecule has 0 aromatic heterocycles. The fraction of sp³-hybridized carbons (Fsp3) is 0.917. The third-order valence-electron chi connectivity index (χ3n) is 4.12. The number of hydrogen-bond acceptors (Lipinski definition) is 11. The summed E-state index contributed by atoms with van der Waals surface area (Å²) >= 11 is 0. The minimum atomic E-state index is -0.190. The van der Waals surface area contributed by atoms with Gasteiger partial charge in [0.05, 0.1) is 92.5 Å². The van der Waals surface area contributed by atoms with E-state index in [9.17, 15) is 9.59 Å². The van der Waals surface area contributed by atoms with Gasteiger partial charge >= 0.3 is 11.9 Å². The second kappa shape index (κ2) is 28.9. The van der Waals surface area contributed by atoms with Gasteiger partial charge in [-0.15, -0.1) is 0 Å². The molecule has 0 amide bonds. The molecule has 0 heterocycles. The molecule has 0 aliphatic carbocycles. The first kappa shape index (κ1) is 33.7. The molecule has 0 aliphatic heterocycles. The van der Waals surface area contributed by atoms with E-state index in [4.69, 9.17) is 42.6 Å². The molecule has 0 radical (unpaired) electrons. The first-order valence-corrected chi connectivity index (χ1v) is 12.6. The van der Waals surface area contributed by atoms with Crippen molar-refractivity contribution in [1.29, 1.82) is 0 Å². The lowest BCUT2D eigenvalue weighted by Gasteiger charge is -2.09. The summed E-state index contributed by atoms with van der Waals surface area (Å²) in [5.41, 5.74) is 0. The molecule has 0 N–H and O–H groups in total. The lowest BCUT2D eigenvalue weighted by atomic mass is 10.3. The van der Waals surface area contributed by atoms with Gasteiger partial charge in [0, 0.05) is 12.8 Å². The first-order chi connectivity index (χ1) is 17.2. The molecular formula is C24H46O11. The highest BCUT2D eigenvalue weighted by Crippen LogP contribution is 1.92. The molecule has 0 saturated carbocycles. The van der Waals surface area contributed by atoms with Gasteiger partial charge in [-0.2, -0.15) is 0 Å². The Morgan fingerprint density at radius 1 is 0.371 bits per heavy atom. The van der Waals surface area contributed by atoms with Crippen molar-refractivity contribution in [3.63, 3.8) is 0 Å². The Labute approximate surface area is 209 Å². The fourth-order valence-electron chi connectivity index (χ4n) is 2.40. The normalized spacial score (nSPS) is 11.0. The average Bonchev–Trinajstić information content (AvgIpc) is 2.84. The molecule has 11 nitrogen and oxygen atoms in total. The average molecular weight is 511 g/mol. The third-order valence-corrected chi connectivity index (χ3v) is 4.12. The zero-order valence-electron chi connectivity index (χ0n) is 21.6. The van der Waals surface area contributed by atoms with Crippen LogP contribution in [0.3, 0.4) is 0 Å². The van der Waals surface area contributed by atoms with E-state index in [0.29, 0.717) is 105 Å². The van der Waals surface area contributed by atoms with Crippen molar-refractivity contribution in [2.75, 3.05) is 106 Å². The number of carbonyl (C=O) groups excluding carboxylic acids is 2. The first-order valence-electron chi connectivity index (χ1n) is 12.6. The Morgan fingerprint density at radius 3 is 0.771 bits per heavy atom. The van der Waals surface area contributed by atoms with E-state index >= 15 is 0 Å². The second-order valence-electron chi connectivity index (χ2n) is 7.23. The number of hydrogen-bond donors (Lipinski definition) is 0. The van der Waals surface area contributed by atoms with Crippen LogP contribution >= 0.6 is 0 Å². The lowest BCUT2D eigenvalue weighted by molar-refractivity contribution is -0.146. The van der Waals surface area contributed by atoms with Gasteiger partial charge in [0.25, 0.3) is 0 Å². The van der Waals surface area contributed by atoms with Crippen molar-refractivity contribution in [3.05, 3.63) is 0 Å². The van der Waals surface area contributed by atoms with Crippen molar-refractivity contribution in [2.24, 2.45) is 0 Å². The SMILES string of the molecule is CCCC(=O)OCCOCCOCCOCCOCCOCCOCCOCCOC(=O)CCC. The molecule has 208 valence electrons. The van der Waals surface area contributed by atoms with Crippen LogP contribution in [-0.4, -0.2) is 118 Å². The second-order valence-corrected chi connectivity index (χ2v) is 7.23. The lowest BCUT2D eigenvalue weighted by Crippen LogP contribution is -2.15. The van der Waals surface area contributed by atoms with Crippen LogP contribution in [0.4, 0.5) is 0 Å². The van der Waals surface area contributed by atoms with Crippen molar-refractivity contribution in [2.45, 2.75) is 39.5 Å². The van der Waals surface area contributed by atoms with Crippen LogP contribution in [0.1, 0.15) is 39.5 Å². The van der Waals surface area contributed by atoms with E-state index in [1.165, 1.54) is 0 Å². The maximum Gasteiger partial charge on any atom is 0.305 e. The van der Waals surface area contributed by atoms with Gasteiger partial charge in [-0.3, -0.25) is 9.59 Å². The molecule has 0 fully saturated rings. The minimum Gasteiger partial charge on any atom is -0.463 e. The van der Waals surface area contributed by atoms with E-state index in [-0.39, 0.29) is 25.2 Å². The molecule has 0 bridgehead atoms. The number of ether oxygens (including phenoxy) is 9. The molecule has 0 spiro atoms. The van der Waals surface area contributed by atoms with Crippen molar-refractivity contribution in [1.82, 2.24) is 0 Å². The van der Waals surface area contributed by atoms with Crippen LogP contribution in [-0.2, 0) is 52.2 Å². The highest BCUT2D eigenvalue weighted by molar-refractivity contribution is 5.69. The van der Waals surface area contributed by atoms with Gasteiger partial charge < -0.3 is 42.6 Å². The summed E-state index contributed by atoms with van der Waals surface area (Å²) in [5, 5.41) is 0. The van der Waals surface area contributed by atoms with E-state index in [0.717, 1.165) is 12.8 Å². The standard InChI is InChI=1S/C24H46O11/c1-3-5-23(25)34-21-19-32-17-15-30-13-11-28-9-7-27-8-10-29-12-14-31-16-18-33-20-22-35-24(26)6-4-2/h3-22H2,1-2H3. The Bertz CT molecular complexity index is 423. The van der Waals surface area contributed by atoms with Crippen LogP contribution in [0.2, 0.25) is 0 Å². The number of carbonyl (C=O) groups is 2. The summed E-state index contributed by atoms with van der Waals surface area (Å²) in [7, 11) is 0. The summed E-state index contributed by atoms with van der Waals surface area (Å²) in [6.07, 6.45) is 2.45. The van der Waals surface area contributed by atoms with E-state index in [1.54, 1.807) is 0 Å². The summed E-state index contributed by atoms with van der Waals surface area (Å²) in [4.78, 5) is 22.3. The van der Waals surface area contributed by atoms with Crippen molar-refractivity contribution in [3.8, 4) is 0 Å². The highest BCUT2D eigenvalue weighted by Gasteiger charge is 2.01. The van der Waals surface area contributed by atoms with Gasteiger partial charge in [-0.1, -0.05) is 13.8 Å². The predicted octanol–water partition coefficient (Wildman–Crippen LogP) is 1.79. The van der Waals surface area contributed by atoms with E-state index in [2.05, 4.69) is 0 Å². The van der Waals surface area contributed by atoms with Gasteiger partial charge in [0.15, 0.2) is 0 Å². The summed E-state index contributed by atoms with van der Waals surface area (Å²) in [6, 6.07) is 0. The highest BCUT2D eigenvalue weighted by atomic mass is 16.6. The monoisotopic (exact) mass is 510 g/mol. The van der Waals surface area contributed by atoms with Gasteiger partial charge in [0.2, 0.25) is 0 Å². The molecule has 0 atom stereocenters. The molecule has 35 heavy (non-hydrogen) atoms. The molecule has 11 heteroatoms. The molecule has 0 rings (SSSR count). The van der Waals surface area contributed by atoms with E-state index in [1.807, 2.05) is 13.8 Å². The number of esters is 2. The Kier molecular flexibility index (Phi) is 27.8. The van der Waals surface area contributed by atoms with Crippen LogP contribution in [0, 0.1) is 0 Å². The van der Waals surface area contributed by atoms with Gasteiger partial charge in [0.1, 0.15) is 13.2 Å². The molecule has 0 unspecified atom stereocenters. The predicted molar refractivity (Wildman–Crippen MR) is 127 cm³/mol. The molecule has 0 saturated heterocycles.